The van der Waals surface area contributed by atoms with Gasteiger partial charge in [0, 0.05) is 0 Å². The topological polar surface area (TPSA) is 55.8 Å². The first-order valence-electron chi connectivity index (χ1n) is 6.41. The lowest BCUT2D eigenvalue weighted by atomic mass is 10.2. The van der Waals surface area contributed by atoms with Gasteiger partial charge in [-0.05, 0) is 48.9 Å². The molecule has 110 valence electrons. The molecule has 21 heavy (non-hydrogen) atoms. The summed E-state index contributed by atoms with van der Waals surface area (Å²) in [5.74, 6) is -0.242. The minimum Gasteiger partial charge on any atom is -0.490 e. The zero-order valence-electron chi connectivity index (χ0n) is 11.5. The lowest BCUT2D eigenvalue weighted by Gasteiger charge is -2.10. The third-order valence-electron chi connectivity index (χ3n) is 2.83. The Kier molecular flexibility index (Phi) is 4.77. The van der Waals surface area contributed by atoms with Crippen LogP contribution in [0.1, 0.15) is 15.9 Å². The number of hydrogen-bond donors (Lipinski definition) is 1. The molecule has 0 saturated carbocycles. The summed E-state index contributed by atoms with van der Waals surface area (Å²) in [5, 5.41) is 8.87. The first-order valence-corrected chi connectivity index (χ1v) is 6.41. The second-order valence-electron chi connectivity index (χ2n) is 4.44. The number of aromatic carboxylic acids is 1. The summed E-state index contributed by atoms with van der Waals surface area (Å²) in [6, 6.07) is 10.5. The molecule has 0 aliphatic rings. The summed E-state index contributed by atoms with van der Waals surface area (Å²) in [6.07, 6.45) is 0. The average molecular weight is 290 g/mol. The van der Waals surface area contributed by atoms with Crippen LogP contribution in [-0.4, -0.2) is 24.3 Å². The van der Waals surface area contributed by atoms with Crippen LogP contribution in [0.3, 0.4) is 0 Å². The Bertz CT molecular complexity index is 640. The maximum Gasteiger partial charge on any atom is 0.335 e. The predicted octanol–water partition coefficient (Wildman–Crippen LogP) is 3.29. The van der Waals surface area contributed by atoms with Gasteiger partial charge in [0.1, 0.15) is 30.5 Å². The second kappa shape index (κ2) is 6.74. The average Bonchev–Trinajstić information content (AvgIpc) is 2.45. The Morgan fingerprint density at radius 2 is 1.90 bits per heavy atom. The predicted molar refractivity (Wildman–Crippen MR) is 75.5 cm³/mol. The normalized spacial score (nSPS) is 10.2. The summed E-state index contributed by atoms with van der Waals surface area (Å²) >= 11 is 0. The highest BCUT2D eigenvalue weighted by Crippen LogP contribution is 2.18. The molecule has 0 spiro atoms. The number of carbonyl (C=O) groups is 1. The molecular weight excluding hydrogens is 275 g/mol. The van der Waals surface area contributed by atoms with Crippen molar-refractivity contribution in [3.63, 3.8) is 0 Å². The monoisotopic (exact) mass is 290 g/mol. The van der Waals surface area contributed by atoms with Crippen LogP contribution in [0.4, 0.5) is 4.39 Å². The Hall–Kier alpha value is -2.56. The summed E-state index contributed by atoms with van der Waals surface area (Å²) in [6.45, 7) is 2.30. The molecule has 2 aromatic rings. The van der Waals surface area contributed by atoms with Crippen molar-refractivity contribution in [2.45, 2.75) is 6.92 Å². The molecule has 0 saturated heterocycles. The van der Waals surface area contributed by atoms with Gasteiger partial charge in [0.05, 0.1) is 5.56 Å². The molecule has 0 atom stereocenters. The summed E-state index contributed by atoms with van der Waals surface area (Å²) in [5.41, 5.74) is 0.880. The Morgan fingerprint density at radius 3 is 2.62 bits per heavy atom. The van der Waals surface area contributed by atoms with Gasteiger partial charge in [0.2, 0.25) is 0 Å². The van der Waals surface area contributed by atoms with Crippen molar-refractivity contribution in [1.29, 1.82) is 0 Å². The van der Waals surface area contributed by atoms with Gasteiger partial charge >= 0.3 is 5.97 Å². The van der Waals surface area contributed by atoms with E-state index in [1.807, 2.05) is 0 Å². The standard InChI is InChI=1S/C16H15FO4/c1-11-9-13(17)5-6-15(11)21-8-7-20-14-4-2-3-12(10-14)16(18)19/h2-6,9-10H,7-8H2,1H3,(H,18,19). The molecule has 0 aromatic heterocycles. The number of aryl methyl sites for hydroxylation is 1. The number of ether oxygens (including phenoxy) is 2. The van der Waals surface area contributed by atoms with Crippen LogP contribution >= 0.6 is 0 Å². The van der Waals surface area contributed by atoms with E-state index < -0.39 is 5.97 Å². The van der Waals surface area contributed by atoms with Gasteiger partial charge in [-0.2, -0.15) is 0 Å². The van der Waals surface area contributed by atoms with Crippen LogP contribution in [0.15, 0.2) is 42.5 Å². The van der Waals surface area contributed by atoms with Crippen LogP contribution in [-0.2, 0) is 0 Å². The SMILES string of the molecule is Cc1cc(F)ccc1OCCOc1cccc(C(=O)O)c1. The Balaban J connectivity index is 1.84. The smallest absolute Gasteiger partial charge is 0.335 e. The lowest BCUT2D eigenvalue weighted by Crippen LogP contribution is -2.10. The fraction of sp³-hybridized carbons (Fsp3) is 0.188. The van der Waals surface area contributed by atoms with E-state index in [4.69, 9.17) is 14.6 Å². The van der Waals surface area contributed by atoms with Crippen LogP contribution < -0.4 is 9.47 Å². The van der Waals surface area contributed by atoms with Crippen molar-refractivity contribution in [3.8, 4) is 11.5 Å². The maximum atomic E-state index is 12.9. The first kappa shape index (κ1) is 14.8. The molecule has 4 nitrogen and oxygen atoms in total. The molecular formula is C16H15FO4. The van der Waals surface area contributed by atoms with E-state index in [9.17, 15) is 9.18 Å². The molecule has 0 fully saturated rings. The van der Waals surface area contributed by atoms with E-state index in [2.05, 4.69) is 0 Å². The van der Waals surface area contributed by atoms with E-state index in [1.54, 1.807) is 25.1 Å². The highest BCUT2D eigenvalue weighted by molar-refractivity contribution is 5.87. The molecule has 0 radical (unpaired) electrons. The molecule has 0 heterocycles. The van der Waals surface area contributed by atoms with E-state index in [0.717, 1.165) is 0 Å². The van der Waals surface area contributed by atoms with Crippen LogP contribution in [0, 0.1) is 12.7 Å². The van der Waals surface area contributed by atoms with Gasteiger partial charge in [0.25, 0.3) is 0 Å². The molecule has 0 bridgehead atoms. The number of carboxylic acids is 1. The number of hydrogen-bond acceptors (Lipinski definition) is 3. The lowest BCUT2D eigenvalue weighted by molar-refractivity contribution is 0.0696. The molecule has 0 amide bonds. The molecule has 0 unspecified atom stereocenters. The van der Waals surface area contributed by atoms with Crippen molar-refractivity contribution in [2.75, 3.05) is 13.2 Å². The van der Waals surface area contributed by atoms with Crippen molar-refractivity contribution in [3.05, 3.63) is 59.4 Å². The first-order chi connectivity index (χ1) is 10.1. The zero-order chi connectivity index (χ0) is 15.2. The van der Waals surface area contributed by atoms with Crippen molar-refractivity contribution in [2.24, 2.45) is 0 Å². The third-order valence-corrected chi connectivity index (χ3v) is 2.83. The fourth-order valence-corrected chi connectivity index (χ4v) is 1.80. The van der Waals surface area contributed by atoms with Gasteiger partial charge < -0.3 is 14.6 Å². The van der Waals surface area contributed by atoms with Gasteiger partial charge in [-0.15, -0.1) is 0 Å². The number of halogens is 1. The van der Waals surface area contributed by atoms with Gasteiger partial charge in [0.15, 0.2) is 0 Å². The van der Waals surface area contributed by atoms with Crippen molar-refractivity contribution < 1.29 is 23.8 Å². The molecule has 5 heteroatoms. The quantitative estimate of drug-likeness (QED) is 0.829. The molecule has 0 aliphatic heterocycles. The molecule has 2 rings (SSSR count). The minimum absolute atomic E-state index is 0.169. The Labute approximate surface area is 121 Å². The van der Waals surface area contributed by atoms with Crippen LogP contribution in [0.2, 0.25) is 0 Å². The molecule has 1 N–H and O–H groups in total. The minimum atomic E-state index is -1.00. The van der Waals surface area contributed by atoms with E-state index in [-0.39, 0.29) is 24.6 Å². The summed E-state index contributed by atoms with van der Waals surface area (Å²) < 4.78 is 23.8. The summed E-state index contributed by atoms with van der Waals surface area (Å²) in [4.78, 5) is 10.8. The van der Waals surface area contributed by atoms with Gasteiger partial charge in [-0.1, -0.05) is 6.07 Å². The van der Waals surface area contributed by atoms with Crippen molar-refractivity contribution >= 4 is 5.97 Å². The molecule has 2 aromatic carbocycles. The van der Waals surface area contributed by atoms with Crippen LogP contribution in [0.25, 0.3) is 0 Å². The van der Waals surface area contributed by atoms with Gasteiger partial charge in [-0.25, -0.2) is 9.18 Å². The van der Waals surface area contributed by atoms with E-state index in [1.165, 1.54) is 24.3 Å². The zero-order valence-corrected chi connectivity index (χ0v) is 11.5. The van der Waals surface area contributed by atoms with E-state index in [0.29, 0.717) is 17.1 Å². The largest absolute Gasteiger partial charge is 0.490 e. The number of carboxylic acid groups (broad SMARTS) is 1. The maximum absolute atomic E-state index is 12.9. The third kappa shape index (κ3) is 4.21. The fourth-order valence-electron chi connectivity index (χ4n) is 1.80. The van der Waals surface area contributed by atoms with Gasteiger partial charge in [-0.3, -0.25) is 0 Å². The number of benzene rings is 2. The summed E-state index contributed by atoms with van der Waals surface area (Å²) in [7, 11) is 0. The van der Waals surface area contributed by atoms with E-state index >= 15 is 0 Å². The highest BCUT2D eigenvalue weighted by Gasteiger charge is 2.04. The number of rotatable bonds is 6. The second-order valence-corrected chi connectivity index (χ2v) is 4.44. The Morgan fingerprint density at radius 1 is 1.14 bits per heavy atom. The van der Waals surface area contributed by atoms with Crippen molar-refractivity contribution in [1.82, 2.24) is 0 Å². The molecule has 0 aliphatic carbocycles. The van der Waals surface area contributed by atoms with Crippen LogP contribution in [0.5, 0.6) is 11.5 Å². The highest BCUT2D eigenvalue weighted by atomic mass is 19.1.